The summed E-state index contributed by atoms with van der Waals surface area (Å²) in [5.41, 5.74) is 0.978. The summed E-state index contributed by atoms with van der Waals surface area (Å²) in [5, 5.41) is 0. The molecule has 0 spiro atoms. The molecule has 0 aliphatic heterocycles. The Morgan fingerprint density at radius 3 is 2.85 bits per heavy atom. The van der Waals surface area contributed by atoms with Crippen molar-refractivity contribution < 1.29 is 0 Å². The molecule has 0 atom stereocenters. The van der Waals surface area contributed by atoms with Crippen LogP contribution in [0.5, 0.6) is 0 Å². The van der Waals surface area contributed by atoms with Gasteiger partial charge in [-0.1, -0.05) is 0 Å². The molecule has 0 aliphatic carbocycles. The molecule has 0 fully saturated rings. The SMILES string of the molecule is Cc1nc(-n2ccnc2)ccc1Br. The van der Waals surface area contributed by atoms with Crippen LogP contribution in [-0.2, 0) is 0 Å². The van der Waals surface area contributed by atoms with Crippen LogP contribution in [0.3, 0.4) is 0 Å². The van der Waals surface area contributed by atoms with Crippen molar-refractivity contribution >= 4 is 15.9 Å². The van der Waals surface area contributed by atoms with Crippen LogP contribution in [0, 0.1) is 6.92 Å². The van der Waals surface area contributed by atoms with Gasteiger partial charge in [0.15, 0.2) is 0 Å². The largest absolute Gasteiger partial charge is 0.291 e. The molecule has 0 unspecified atom stereocenters. The summed E-state index contributed by atoms with van der Waals surface area (Å²) in [6, 6.07) is 3.93. The molecule has 0 bridgehead atoms. The predicted molar refractivity (Wildman–Crippen MR) is 53.8 cm³/mol. The summed E-state index contributed by atoms with van der Waals surface area (Å²) >= 11 is 3.41. The number of hydrogen-bond donors (Lipinski definition) is 0. The third kappa shape index (κ3) is 1.62. The molecule has 2 aromatic heterocycles. The maximum atomic E-state index is 4.39. The van der Waals surface area contributed by atoms with Gasteiger partial charge < -0.3 is 0 Å². The van der Waals surface area contributed by atoms with Crippen LogP contribution in [0.2, 0.25) is 0 Å². The van der Waals surface area contributed by atoms with E-state index in [-0.39, 0.29) is 0 Å². The molecule has 0 aliphatic rings. The lowest BCUT2D eigenvalue weighted by molar-refractivity contribution is 0.971. The number of rotatable bonds is 1. The Morgan fingerprint density at radius 2 is 2.23 bits per heavy atom. The van der Waals surface area contributed by atoms with Crippen LogP contribution in [-0.4, -0.2) is 14.5 Å². The van der Waals surface area contributed by atoms with Gasteiger partial charge in [0, 0.05) is 16.9 Å². The standard InChI is InChI=1S/C9H8BrN3/c1-7-8(10)2-3-9(12-7)13-5-4-11-6-13/h2-6H,1H3. The van der Waals surface area contributed by atoms with Gasteiger partial charge in [0.2, 0.25) is 0 Å². The summed E-state index contributed by atoms with van der Waals surface area (Å²) in [4.78, 5) is 8.35. The molecule has 0 saturated heterocycles. The van der Waals surface area contributed by atoms with E-state index in [1.807, 2.05) is 29.8 Å². The van der Waals surface area contributed by atoms with Gasteiger partial charge in [-0.3, -0.25) is 4.57 Å². The second kappa shape index (κ2) is 3.30. The van der Waals surface area contributed by atoms with Gasteiger partial charge >= 0.3 is 0 Å². The quantitative estimate of drug-likeness (QED) is 0.763. The molecule has 0 N–H and O–H groups in total. The molecule has 4 heteroatoms. The second-order valence-corrected chi connectivity index (χ2v) is 3.56. The van der Waals surface area contributed by atoms with Gasteiger partial charge in [-0.15, -0.1) is 0 Å². The molecule has 66 valence electrons. The highest BCUT2D eigenvalue weighted by molar-refractivity contribution is 9.10. The number of aromatic nitrogens is 3. The zero-order valence-corrected chi connectivity index (χ0v) is 8.69. The van der Waals surface area contributed by atoms with Gasteiger partial charge in [-0.05, 0) is 35.0 Å². The zero-order valence-electron chi connectivity index (χ0n) is 7.11. The fourth-order valence-electron chi connectivity index (χ4n) is 1.07. The number of hydrogen-bond acceptors (Lipinski definition) is 2. The van der Waals surface area contributed by atoms with Crippen molar-refractivity contribution in [3.63, 3.8) is 0 Å². The molecular formula is C9H8BrN3. The monoisotopic (exact) mass is 237 g/mol. The fraction of sp³-hybridized carbons (Fsp3) is 0.111. The maximum Gasteiger partial charge on any atom is 0.138 e. The van der Waals surface area contributed by atoms with Gasteiger partial charge in [0.25, 0.3) is 0 Å². The molecule has 0 aromatic carbocycles. The second-order valence-electron chi connectivity index (χ2n) is 2.71. The van der Waals surface area contributed by atoms with Crippen molar-refractivity contribution in [3.05, 3.63) is 41.0 Å². The van der Waals surface area contributed by atoms with E-state index in [1.165, 1.54) is 0 Å². The van der Waals surface area contributed by atoms with E-state index in [0.29, 0.717) is 0 Å². The van der Waals surface area contributed by atoms with E-state index in [1.54, 1.807) is 12.5 Å². The minimum atomic E-state index is 0.887. The molecule has 2 aromatic rings. The molecule has 0 amide bonds. The Hall–Kier alpha value is -1.16. The number of nitrogens with zero attached hydrogens (tertiary/aromatic N) is 3. The third-order valence-corrected chi connectivity index (χ3v) is 2.61. The molecule has 2 rings (SSSR count). The highest BCUT2D eigenvalue weighted by atomic mass is 79.9. The van der Waals surface area contributed by atoms with Crippen molar-refractivity contribution in [3.8, 4) is 5.82 Å². The highest BCUT2D eigenvalue weighted by Gasteiger charge is 1.99. The first-order valence-electron chi connectivity index (χ1n) is 3.89. The Labute approximate surface area is 84.6 Å². The Kier molecular flexibility index (Phi) is 2.14. The fourth-order valence-corrected chi connectivity index (χ4v) is 1.29. The van der Waals surface area contributed by atoms with E-state index in [2.05, 4.69) is 25.9 Å². The normalized spacial score (nSPS) is 10.3. The van der Waals surface area contributed by atoms with Crippen LogP contribution >= 0.6 is 15.9 Å². The minimum absolute atomic E-state index is 0.887. The van der Waals surface area contributed by atoms with Crippen LogP contribution < -0.4 is 0 Å². The first kappa shape index (κ1) is 8.44. The minimum Gasteiger partial charge on any atom is -0.291 e. The number of halogens is 1. The van der Waals surface area contributed by atoms with Crippen LogP contribution in [0.4, 0.5) is 0 Å². The maximum absolute atomic E-state index is 4.39. The van der Waals surface area contributed by atoms with Crippen molar-refractivity contribution in [2.24, 2.45) is 0 Å². The average molecular weight is 238 g/mol. The van der Waals surface area contributed by atoms with Crippen LogP contribution in [0.15, 0.2) is 35.3 Å². The Balaban J connectivity index is 2.49. The lowest BCUT2D eigenvalue weighted by Crippen LogP contribution is -1.95. The van der Waals surface area contributed by atoms with E-state index in [9.17, 15) is 0 Å². The average Bonchev–Trinajstić information content (AvgIpc) is 2.62. The van der Waals surface area contributed by atoms with E-state index < -0.39 is 0 Å². The third-order valence-electron chi connectivity index (χ3n) is 1.78. The first-order chi connectivity index (χ1) is 6.27. The molecule has 3 nitrogen and oxygen atoms in total. The summed E-state index contributed by atoms with van der Waals surface area (Å²) < 4.78 is 2.90. The van der Waals surface area contributed by atoms with Crippen LogP contribution in [0.1, 0.15) is 5.69 Å². The van der Waals surface area contributed by atoms with Crippen molar-refractivity contribution in [2.45, 2.75) is 6.92 Å². The van der Waals surface area contributed by atoms with Crippen molar-refractivity contribution in [1.82, 2.24) is 14.5 Å². The molecule has 0 radical (unpaired) electrons. The number of pyridine rings is 1. The molecule has 13 heavy (non-hydrogen) atoms. The smallest absolute Gasteiger partial charge is 0.138 e. The predicted octanol–water partition coefficient (Wildman–Crippen LogP) is 2.34. The zero-order chi connectivity index (χ0) is 9.26. The number of imidazole rings is 1. The topological polar surface area (TPSA) is 30.7 Å². The summed E-state index contributed by atoms with van der Waals surface area (Å²) in [6.07, 6.45) is 5.34. The van der Waals surface area contributed by atoms with Gasteiger partial charge in [0.05, 0.1) is 5.69 Å². The van der Waals surface area contributed by atoms with Crippen molar-refractivity contribution in [2.75, 3.05) is 0 Å². The molecule has 2 heterocycles. The highest BCUT2D eigenvalue weighted by Crippen LogP contribution is 2.15. The lowest BCUT2D eigenvalue weighted by atomic mass is 10.4. The lowest BCUT2D eigenvalue weighted by Gasteiger charge is -2.02. The van der Waals surface area contributed by atoms with Gasteiger partial charge in [0.1, 0.15) is 12.1 Å². The molecular weight excluding hydrogens is 230 g/mol. The first-order valence-corrected chi connectivity index (χ1v) is 4.68. The summed E-state index contributed by atoms with van der Waals surface area (Å²) in [6.45, 7) is 1.96. The Morgan fingerprint density at radius 1 is 1.38 bits per heavy atom. The van der Waals surface area contributed by atoms with E-state index >= 15 is 0 Å². The van der Waals surface area contributed by atoms with Crippen molar-refractivity contribution in [1.29, 1.82) is 0 Å². The van der Waals surface area contributed by atoms with Crippen LogP contribution in [0.25, 0.3) is 5.82 Å². The van der Waals surface area contributed by atoms with E-state index in [4.69, 9.17) is 0 Å². The molecule has 0 saturated carbocycles. The van der Waals surface area contributed by atoms with Gasteiger partial charge in [-0.25, -0.2) is 9.97 Å². The Bertz CT molecular complexity index is 409. The number of aryl methyl sites for hydroxylation is 1. The summed E-state index contributed by atoms with van der Waals surface area (Å²) in [5.74, 6) is 0.887. The van der Waals surface area contributed by atoms with Gasteiger partial charge in [-0.2, -0.15) is 0 Å². The van der Waals surface area contributed by atoms with E-state index in [0.717, 1.165) is 16.0 Å². The summed E-state index contributed by atoms with van der Waals surface area (Å²) in [7, 11) is 0.